The van der Waals surface area contributed by atoms with Gasteiger partial charge in [0.25, 0.3) is 5.91 Å². The summed E-state index contributed by atoms with van der Waals surface area (Å²) in [5.41, 5.74) is 0.858. The number of aromatic nitrogens is 1. The van der Waals surface area contributed by atoms with Crippen molar-refractivity contribution >= 4 is 11.7 Å². The summed E-state index contributed by atoms with van der Waals surface area (Å²) < 4.78 is 5.90. The van der Waals surface area contributed by atoms with Gasteiger partial charge in [-0.3, -0.25) is 9.69 Å². The average molecular weight is 297 g/mol. The van der Waals surface area contributed by atoms with Gasteiger partial charge < -0.3 is 9.64 Å². The van der Waals surface area contributed by atoms with Gasteiger partial charge in [-0.05, 0) is 26.2 Å². The second kappa shape index (κ2) is 6.15. The van der Waals surface area contributed by atoms with E-state index in [2.05, 4.69) is 4.98 Å². The fourth-order valence-electron chi connectivity index (χ4n) is 2.45. The van der Waals surface area contributed by atoms with Crippen LogP contribution in [0, 0.1) is 0 Å². The van der Waals surface area contributed by atoms with E-state index >= 15 is 0 Å². The first-order chi connectivity index (χ1) is 10.7. The summed E-state index contributed by atoms with van der Waals surface area (Å²) in [5, 5.41) is 0. The van der Waals surface area contributed by atoms with E-state index in [-0.39, 0.29) is 5.91 Å². The van der Waals surface area contributed by atoms with Gasteiger partial charge in [0.05, 0.1) is 0 Å². The third-order valence-electron chi connectivity index (χ3n) is 3.61. The molecule has 3 rings (SSSR count). The maximum atomic E-state index is 12.8. The van der Waals surface area contributed by atoms with Crippen molar-refractivity contribution in [1.82, 2.24) is 9.88 Å². The molecule has 0 fully saturated rings. The number of hydrogen-bond donors (Lipinski definition) is 0. The molecule has 1 atom stereocenters. The fourth-order valence-corrected chi connectivity index (χ4v) is 2.45. The molecular formula is C17H19N3O2. The first kappa shape index (κ1) is 14.5. The molecule has 0 saturated carbocycles. The lowest BCUT2D eigenvalue weighted by atomic mass is 10.1. The third kappa shape index (κ3) is 2.80. The Morgan fingerprint density at radius 2 is 1.95 bits per heavy atom. The molecule has 0 N–H and O–H groups in total. The van der Waals surface area contributed by atoms with Crippen LogP contribution in [0.1, 0.15) is 11.7 Å². The monoisotopic (exact) mass is 297 g/mol. The van der Waals surface area contributed by atoms with Crippen molar-refractivity contribution in [3.63, 3.8) is 0 Å². The SMILES string of the molecule is CN(C)CCN1C(=O)C(c2ccccc2)Oc2cccnc21. The Kier molecular flexibility index (Phi) is 4.06. The highest BCUT2D eigenvalue weighted by Gasteiger charge is 2.36. The number of benzene rings is 1. The number of pyridine rings is 1. The number of nitrogens with zero attached hydrogens (tertiary/aromatic N) is 3. The fraction of sp³-hybridized carbons (Fsp3) is 0.294. The molecule has 0 bridgehead atoms. The predicted molar refractivity (Wildman–Crippen MR) is 85.0 cm³/mol. The summed E-state index contributed by atoms with van der Waals surface area (Å²) in [6.45, 7) is 1.35. The summed E-state index contributed by atoms with van der Waals surface area (Å²) in [6, 6.07) is 13.2. The largest absolute Gasteiger partial charge is 0.472 e. The van der Waals surface area contributed by atoms with Gasteiger partial charge in [0, 0.05) is 24.8 Å². The van der Waals surface area contributed by atoms with Crippen LogP contribution < -0.4 is 9.64 Å². The lowest BCUT2D eigenvalue weighted by Gasteiger charge is -2.34. The maximum absolute atomic E-state index is 12.8. The van der Waals surface area contributed by atoms with Crippen molar-refractivity contribution < 1.29 is 9.53 Å². The van der Waals surface area contributed by atoms with Crippen molar-refractivity contribution in [2.75, 3.05) is 32.1 Å². The lowest BCUT2D eigenvalue weighted by molar-refractivity contribution is -0.126. The molecule has 0 aliphatic carbocycles. The normalized spacial score (nSPS) is 17.3. The molecule has 2 heterocycles. The quantitative estimate of drug-likeness (QED) is 0.867. The van der Waals surface area contributed by atoms with Gasteiger partial charge in [0.2, 0.25) is 6.10 Å². The molecular weight excluding hydrogens is 278 g/mol. The standard InChI is InChI=1S/C17H19N3O2/c1-19(2)11-12-20-16-14(9-6-10-18-16)22-15(17(20)21)13-7-4-3-5-8-13/h3-10,15H,11-12H2,1-2H3. The zero-order valence-electron chi connectivity index (χ0n) is 12.8. The molecule has 22 heavy (non-hydrogen) atoms. The van der Waals surface area contributed by atoms with Crippen molar-refractivity contribution in [2.45, 2.75) is 6.10 Å². The van der Waals surface area contributed by atoms with Crippen LogP contribution in [-0.2, 0) is 4.79 Å². The molecule has 0 saturated heterocycles. The van der Waals surface area contributed by atoms with E-state index in [4.69, 9.17) is 4.74 Å². The Morgan fingerprint density at radius 3 is 2.68 bits per heavy atom. The molecule has 1 amide bonds. The minimum Gasteiger partial charge on any atom is -0.472 e. The number of carbonyl (C=O) groups is 1. The van der Waals surface area contributed by atoms with Crippen molar-refractivity contribution in [2.24, 2.45) is 0 Å². The number of likely N-dealkylation sites (N-methyl/N-ethyl adjacent to an activating group) is 1. The smallest absolute Gasteiger partial charge is 0.274 e. The number of rotatable bonds is 4. The van der Waals surface area contributed by atoms with Crippen LogP contribution >= 0.6 is 0 Å². The van der Waals surface area contributed by atoms with Gasteiger partial charge in [-0.25, -0.2) is 4.98 Å². The van der Waals surface area contributed by atoms with Crippen LogP contribution in [0.3, 0.4) is 0 Å². The number of amides is 1. The lowest BCUT2D eigenvalue weighted by Crippen LogP contribution is -2.44. The first-order valence-electron chi connectivity index (χ1n) is 7.29. The van der Waals surface area contributed by atoms with Crippen LogP contribution in [0.15, 0.2) is 48.7 Å². The highest BCUT2D eigenvalue weighted by molar-refractivity contribution is 5.99. The van der Waals surface area contributed by atoms with Crippen molar-refractivity contribution in [3.8, 4) is 5.75 Å². The minimum atomic E-state index is -0.611. The number of fused-ring (bicyclic) bond motifs is 1. The molecule has 2 aromatic rings. The number of anilines is 1. The second-order valence-corrected chi connectivity index (χ2v) is 5.53. The molecule has 1 aliphatic heterocycles. The van der Waals surface area contributed by atoms with Crippen LogP contribution in [0.5, 0.6) is 5.75 Å². The van der Waals surface area contributed by atoms with Gasteiger partial charge in [0.1, 0.15) is 0 Å². The molecule has 1 unspecified atom stereocenters. The number of ether oxygens (including phenoxy) is 1. The van der Waals surface area contributed by atoms with Crippen LogP contribution in [0.2, 0.25) is 0 Å². The van der Waals surface area contributed by atoms with E-state index in [0.29, 0.717) is 18.1 Å². The van der Waals surface area contributed by atoms with Gasteiger partial charge in [-0.15, -0.1) is 0 Å². The van der Waals surface area contributed by atoms with E-state index in [0.717, 1.165) is 12.1 Å². The summed E-state index contributed by atoms with van der Waals surface area (Å²) in [4.78, 5) is 20.9. The molecule has 1 aliphatic rings. The second-order valence-electron chi connectivity index (χ2n) is 5.53. The van der Waals surface area contributed by atoms with E-state index in [1.807, 2.05) is 61.5 Å². The Hall–Kier alpha value is -2.40. The summed E-state index contributed by atoms with van der Waals surface area (Å²) >= 11 is 0. The highest BCUT2D eigenvalue weighted by Crippen LogP contribution is 2.36. The molecule has 5 nitrogen and oxygen atoms in total. The molecule has 1 aromatic carbocycles. The van der Waals surface area contributed by atoms with Crippen LogP contribution in [0.25, 0.3) is 0 Å². The molecule has 1 aromatic heterocycles. The third-order valence-corrected chi connectivity index (χ3v) is 3.61. The van der Waals surface area contributed by atoms with Crippen molar-refractivity contribution in [3.05, 3.63) is 54.2 Å². The average Bonchev–Trinajstić information content (AvgIpc) is 2.54. The molecule has 0 radical (unpaired) electrons. The Balaban J connectivity index is 1.95. The first-order valence-corrected chi connectivity index (χ1v) is 7.29. The van der Waals surface area contributed by atoms with Gasteiger partial charge >= 0.3 is 0 Å². The number of hydrogen-bond acceptors (Lipinski definition) is 4. The Bertz CT molecular complexity index is 658. The zero-order valence-corrected chi connectivity index (χ0v) is 12.8. The Labute approximate surface area is 130 Å². The van der Waals surface area contributed by atoms with Gasteiger partial charge in [-0.2, -0.15) is 0 Å². The zero-order chi connectivity index (χ0) is 15.5. The van der Waals surface area contributed by atoms with Gasteiger partial charge in [-0.1, -0.05) is 30.3 Å². The number of carbonyl (C=O) groups excluding carboxylic acids is 1. The van der Waals surface area contributed by atoms with Crippen LogP contribution in [0.4, 0.5) is 5.82 Å². The van der Waals surface area contributed by atoms with Crippen LogP contribution in [-0.4, -0.2) is 43.0 Å². The molecule has 5 heteroatoms. The van der Waals surface area contributed by atoms with E-state index in [9.17, 15) is 4.79 Å². The summed E-state index contributed by atoms with van der Waals surface area (Å²) in [6.07, 6.45) is 1.07. The van der Waals surface area contributed by atoms with Gasteiger partial charge in [0.15, 0.2) is 11.6 Å². The Morgan fingerprint density at radius 1 is 1.18 bits per heavy atom. The molecule has 114 valence electrons. The van der Waals surface area contributed by atoms with E-state index in [1.165, 1.54) is 0 Å². The maximum Gasteiger partial charge on any atom is 0.274 e. The minimum absolute atomic E-state index is 0.0701. The van der Waals surface area contributed by atoms with E-state index < -0.39 is 6.10 Å². The highest BCUT2D eigenvalue weighted by atomic mass is 16.5. The van der Waals surface area contributed by atoms with Crippen molar-refractivity contribution in [1.29, 1.82) is 0 Å². The predicted octanol–water partition coefficient (Wildman–Crippen LogP) is 2.11. The summed E-state index contributed by atoms with van der Waals surface area (Å²) in [5.74, 6) is 1.18. The molecule has 0 spiro atoms. The topological polar surface area (TPSA) is 45.7 Å². The summed E-state index contributed by atoms with van der Waals surface area (Å²) in [7, 11) is 3.97. The van der Waals surface area contributed by atoms with E-state index in [1.54, 1.807) is 11.1 Å².